The van der Waals surface area contributed by atoms with Gasteiger partial charge in [0.2, 0.25) is 0 Å². The fraction of sp³-hybridized carbons (Fsp3) is 0.438. The van der Waals surface area contributed by atoms with Gasteiger partial charge in [-0.05, 0) is 50.7 Å². The summed E-state index contributed by atoms with van der Waals surface area (Å²) in [6.45, 7) is 4.53. The van der Waals surface area contributed by atoms with Gasteiger partial charge in [0.05, 0.1) is 11.0 Å². The molecule has 2 N–H and O–H groups in total. The van der Waals surface area contributed by atoms with Crippen LogP contribution in [0.3, 0.4) is 0 Å². The third kappa shape index (κ3) is 4.61. The van der Waals surface area contributed by atoms with Crippen LogP contribution in [0.4, 0.5) is 23.0 Å². The predicted octanol–water partition coefficient (Wildman–Crippen LogP) is 6.82. The van der Waals surface area contributed by atoms with Gasteiger partial charge in [0.25, 0.3) is 0 Å². The van der Waals surface area contributed by atoms with Crippen molar-refractivity contribution in [2.45, 2.75) is 63.5 Å². The van der Waals surface area contributed by atoms with Crippen LogP contribution in [0, 0.1) is 0 Å². The van der Waals surface area contributed by atoms with Crippen LogP contribution in [0.2, 0.25) is 0 Å². The molecule has 1 aliphatic carbocycles. The fourth-order valence-electron chi connectivity index (χ4n) is 6.76. The Kier molecular flexibility index (Phi) is 6.40. The number of fused-ring (bicyclic) bond motifs is 2. The Hall–Kier alpha value is -3.54. The second kappa shape index (κ2) is 10.3. The van der Waals surface area contributed by atoms with E-state index in [0.29, 0.717) is 12.1 Å². The summed E-state index contributed by atoms with van der Waals surface area (Å²) in [6.07, 6.45) is 9.84. The van der Waals surface area contributed by atoms with Crippen LogP contribution in [0.1, 0.15) is 51.4 Å². The molecule has 38 heavy (non-hydrogen) atoms. The van der Waals surface area contributed by atoms with E-state index in [1.807, 2.05) is 0 Å². The monoisotopic (exact) mass is 506 g/mol. The van der Waals surface area contributed by atoms with E-state index in [1.54, 1.807) is 0 Å². The summed E-state index contributed by atoms with van der Waals surface area (Å²) >= 11 is 0. The molecule has 2 atom stereocenters. The maximum Gasteiger partial charge on any atom is 0.129 e. The third-order valence-electron chi connectivity index (χ3n) is 8.71. The average Bonchev–Trinajstić information content (AvgIpc) is 3.69. The minimum absolute atomic E-state index is 0.312. The van der Waals surface area contributed by atoms with Crippen molar-refractivity contribution in [2.24, 2.45) is 0 Å². The van der Waals surface area contributed by atoms with Gasteiger partial charge in [0.1, 0.15) is 11.6 Å². The molecular formula is C32H38N6. The fourth-order valence-corrected chi connectivity index (χ4v) is 6.76. The number of hydrogen-bond acceptors (Lipinski definition) is 6. The van der Waals surface area contributed by atoms with Gasteiger partial charge < -0.3 is 20.4 Å². The lowest BCUT2D eigenvalue weighted by Gasteiger charge is -2.34. The number of rotatable bonds is 6. The van der Waals surface area contributed by atoms with Crippen molar-refractivity contribution in [1.29, 1.82) is 0 Å². The Bertz CT molecular complexity index is 1310. The summed E-state index contributed by atoms with van der Waals surface area (Å²) in [5.41, 5.74) is 4.79. The molecule has 0 unspecified atom stereocenters. The summed E-state index contributed by atoms with van der Waals surface area (Å²) in [4.78, 5) is 15.2. The quantitative estimate of drug-likeness (QED) is 0.299. The maximum absolute atomic E-state index is 5.06. The van der Waals surface area contributed by atoms with Crippen molar-refractivity contribution in [3.8, 4) is 0 Å². The summed E-state index contributed by atoms with van der Waals surface area (Å²) in [5.74, 6) is 1.99. The van der Waals surface area contributed by atoms with Crippen LogP contribution in [0.25, 0.3) is 21.8 Å². The number of aromatic nitrogens is 2. The summed E-state index contributed by atoms with van der Waals surface area (Å²) < 4.78 is 0. The predicted molar refractivity (Wildman–Crippen MR) is 160 cm³/mol. The third-order valence-corrected chi connectivity index (χ3v) is 8.71. The van der Waals surface area contributed by atoms with Crippen LogP contribution >= 0.6 is 0 Å². The first-order chi connectivity index (χ1) is 18.8. The number of para-hydroxylation sites is 2. The molecule has 3 aliphatic rings. The summed E-state index contributed by atoms with van der Waals surface area (Å²) in [7, 11) is 0. The lowest BCUT2D eigenvalue weighted by atomic mass is 9.90. The molecule has 2 saturated heterocycles. The van der Waals surface area contributed by atoms with Crippen molar-refractivity contribution < 1.29 is 0 Å². The van der Waals surface area contributed by atoms with Crippen molar-refractivity contribution >= 4 is 44.8 Å². The topological polar surface area (TPSA) is 56.3 Å². The number of benzene rings is 2. The van der Waals surface area contributed by atoms with Gasteiger partial charge in [-0.2, -0.15) is 0 Å². The lowest BCUT2D eigenvalue weighted by Crippen LogP contribution is -2.42. The van der Waals surface area contributed by atoms with Crippen molar-refractivity contribution in [3.05, 3.63) is 60.7 Å². The zero-order chi connectivity index (χ0) is 25.3. The van der Waals surface area contributed by atoms with Crippen molar-refractivity contribution in [2.75, 3.05) is 46.6 Å². The highest BCUT2D eigenvalue weighted by atomic mass is 15.2. The molecule has 2 aromatic heterocycles. The van der Waals surface area contributed by atoms with E-state index in [2.05, 4.69) is 81.1 Å². The van der Waals surface area contributed by atoms with Gasteiger partial charge in [0, 0.05) is 72.5 Å². The Labute approximate surface area is 225 Å². The number of pyridine rings is 2. The highest BCUT2D eigenvalue weighted by Gasteiger charge is 2.27. The van der Waals surface area contributed by atoms with E-state index >= 15 is 0 Å². The van der Waals surface area contributed by atoms with Gasteiger partial charge in [0.15, 0.2) is 0 Å². The molecule has 4 heterocycles. The molecule has 6 heteroatoms. The van der Waals surface area contributed by atoms with E-state index in [-0.39, 0.29) is 0 Å². The Balaban J connectivity index is 1.18. The first-order valence-electron chi connectivity index (χ1n) is 14.6. The Morgan fingerprint density at radius 1 is 0.553 bits per heavy atom. The van der Waals surface area contributed by atoms with E-state index < -0.39 is 0 Å². The molecule has 0 radical (unpaired) electrons. The van der Waals surface area contributed by atoms with Crippen molar-refractivity contribution in [3.63, 3.8) is 0 Å². The molecule has 2 aliphatic heterocycles. The van der Waals surface area contributed by atoms with E-state index in [1.165, 1.54) is 60.7 Å². The smallest absolute Gasteiger partial charge is 0.129 e. The number of nitrogens with zero attached hydrogens (tertiary/aromatic N) is 4. The zero-order valence-electron chi connectivity index (χ0n) is 22.2. The largest absolute Gasteiger partial charge is 0.371 e. The Morgan fingerprint density at radius 3 is 1.42 bits per heavy atom. The molecule has 196 valence electrons. The molecule has 7 rings (SSSR count). The molecule has 0 amide bonds. The van der Waals surface area contributed by atoms with Crippen LogP contribution in [-0.4, -0.2) is 48.2 Å². The van der Waals surface area contributed by atoms with Gasteiger partial charge in [-0.3, -0.25) is 0 Å². The average molecular weight is 507 g/mol. The second-order valence-corrected chi connectivity index (χ2v) is 11.3. The standard InChI is InChI=1S/C32H38N6/c1-3-13-25-23(11-1)29(37-17-7-8-18-37)21-31(33-25)35-27-15-5-6-16-28(27)36-32-22-30(38-19-9-10-20-38)24-12-2-4-14-26(24)34-32/h1-4,11-14,21-22,27-28H,5-10,15-20H2,(H,33,35)(H,34,36)/t27-,28-/m1/s1. The molecule has 6 nitrogen and oxygen atoms in total. The minimum atomic E-state index is 0.312. The molecule has 0 bridgehead atoms. The summed E-state index contributed by atoms with van der Waals surface area (Å²) in [5, 5.41) is 10.3. The molecule has 4 aromatic rings. The summed E-state index contributed by atoms with van der Waals surface area (Å²) in [6, 6.07) is 22.4. The molecule has 2 aromatic carbocycles. The SMILES string of the molecule is c1ccc2c(N3CCCC3)cc(N[C@@H]3CCCC[C@H]3Nc3cc(N4CCCC4)c4ccccc4n3)nc2c1. The van der Waals surface area contributed by atoms with Crippen LogP contribution in [0.5, 0.6) is 0 Å². The highest BCUT2D eigenvalue weighted by molar-refractivity contribution is 5.94. The first-order valence-corrected chi connectivity index (χ1v) is 14.6. The van der Waals surface area contributed by atoms with Gasteiger partial charge in [-0.15, -0.1) is 0 Å². The van der Waals surface area contributed by atoms with Gasteiger partial charge in [-0.25, -0.2) is 9.97 Å². The normalized spacial score (nSPS) is 21.9. The minimum Gasteiger partial charge on any atom is -0.371 e. The maximum atomic E-state index is 5.06. The molecular weight excluding hydrogens is 468 g/mol. The van der Waals surface area contributed by atoms with Gasteiger partial charge in [-0.1, -0.05) is 49.2 Å². The van der Waals surface area contributed by atoms with E-state index in [9.17, 15) is 0 Å². The van der Waals surface area contributed by atoms with Crippen molar-refractivity contribution in [1.82, 2.24) is 9.97 Å². The highest BCUT2D eigenvalue weighted by Crippen LogP contribution is 2.34. The van der Waals surface area contributed by atoms with Gasteiger partial charge >= 0.3 is 0 Å². The van der Waals surface area contributed by atoms with Crippen LogP contribution < -0.4 is 20.4 Å². The number of anilines is 4. The number of hydrogen-bond donors (Lipinski definition) is 2. The first kappa shape index (κ1) is 23.6. The Morgan fingerprint density at radius 2 is 0.974 bits per heavy atom. The second-order valence-electron chi connectivity index (χ2n) is 11.3. The van der Waals surface area contributed by atoms with E-state index in [0.717, 1.165) is 61.7 Å². The van der Waals surface area contributed by atoms with E-state index in [4.69, 9.17) is 9.97 Å². The zero-order valence-corrected chi connectivity index (χ0v) is 22.2. The molecule has 3 fully saturated rings. The molecule has 1 saturated carbocycles. The number of nitrogens with one attached hydrogen (secondary N) is 2. The lowest BCUT2D eigenvalue weighted by molar-refractivity contribution is 0.422. The van der Waals surface area contributed by atoms with Crippen LogP contribution in [0.15, 0.2) is 60.7 Å². The molecule has 0 spiro atoms. The van der Waals surface area contributed by atoms with Crippen LogP contribution in [-0.2, 0) is 0 Å².